The Morgan fingerprint density at radius 1 is 1.08 bits per heavy atom. The normalized spacial score (nSPS) is 11.6. The quantitative estimate of drug-likeness (QED) is 0.720. The van der Waals surface area contributed by atoms with Crippen LogP contribution in [0.3, 0.4) is 0 Å². The van der Waals surface area contributed by atoms with Gasteiger partial charge in [-0.2, -0.15) is 4.31 Å². The molecule has 0 aliphatic carbocycles. The van der Waals surface area contributed by atoms with Crippen LogP contribution in [-0.4, -0.2) is 40.0 Å². The number of nitrogens with zero attached hydrogens (tertiary/aromatic N) is 1. The average molecular weight is 382 g/mol. The van der Waals surface area contributed by atoms with Crippen molar-refractivity contribution in [2.24, 2.45) is 5.73 Å². The van der Waals surface area contributed by atoms with E-state index in [0.717, 1.165) is 17.7 Å². The van der Waals surface area contributed by atoms with Gasteiger partial charge < -0.3 is 15.2 Å². The Morgan fingerprint density at radius 3 is 2.27 bits per heavy atom. The standard InChI is InChI=1S/C18H23FN2O4S/c1-24-16-11-15(19)18(12-17(16)25-2)26(22,23)21(10-6-9-20)13-14-7-4-3-5-8-14/h3-5,7-8,11-12H,6,9-10,13,20H2,1-2H3. The van der Waals surface area contributed by atoms with Crippen molar-refractivity contribution in [1.29, 1.82) is 0 Å². The number of hydrogen-bond acceptors (Lipinski definition) is 5. The summed E-state index contributed by atoms with van der Waals surface area (Å²) in [6, 6.07) is 11.3. The summed E-state index contributed by atoms with van der Waals surface area (Å²) in [6.45, 7) is 0.633. The van der Waals surface area contributed by atoms with Gasteiger partial charge in [0.25, 0.3) is 0 Å². The average Bonchev–Trinajstić information content (AvgIpc) is 2.65. The summed E-state index contributed by atoms with van der Waals surface area (Å²) >= 11 is 0. The summed E-state index contributed by atoms with van der Waals surface area (Å²) in [5.41, 5.74) is 6.33. The Kier molecular flexibility index (Phi) is 6.96. The van der Waals surface area contributed by atoms with E-state index >= 15 is 0 Å². The van der Waals surface area contributed by atoms with Crippen molar-refractivity contribution in [3.8, 4) is 11.5 Å². The maximum atomic E-state index is 14.5. The number of ether oxygens (including phenoxy) is 2. The summed E-state index contributed by atoms with van der Waals surface area (Å²) in [4.78, 5) is -0.455. The Morgan fingerprint density at radius 2 is 1.69 bits per heavy atom. The summed E-state index contributed by atoms with van der Waals surface area (Å²) in [5, 5.41) is 0. The van der Waals surface area contributed by atoms with E-state index in [1.54, 1.807) is 0 Å². The summed E-state index contributed by atoms with van der Waals surface area (Å²) in [7, 11) is -1.37. The van der Waals surface area contributed by atoms with E-state index in [0.29, 0.717) is 13.0 Å². The highest BCUT2D eigenvalue weighted by Crippen LogP contribution is 2.33. The Labute approximate surface area is 153 Å². The third-order valence-corrected chi connectivity index (χ3v) is 5.73. The molecular formula is C18H23FN2O4S. The minimum absolute atomic E-state index is 0.122. The van der Waals surface area contributed by atoms with Crippen LogP contribution < -0.4 is 15.2 Å². The van der Waals surface area contributed by atoms with Gasteiger partial charge >= 0.3 is 0 Å². The van der Waals surface area contributed by atoms with E-state index in [9.17, 15) is 12.8 Å². The van der Waals surface area contributed by atoms with Gasteiger partial charge in [0.1, 0.15) is 10.7 Å². The van der Waals surface area contributed by atoms with Crippen LogP contribution >= 0.6 is 0 Å². The van der Waals surface area contributed by atoms with Crippen LogP contribution in [0.15, 0.2) is 47.4 Å². The van der Waals surface area contributed by atoms with Crippen molar-refractivity contribution in [1.82, 2.24) is 4.31 Å². The molecule has 0 saturated heterocycles. The maximum Gasteiger partial charge on any atom is 0.246 e. The van der Waals surface area contributed by atoms with Crippen LogP contribution in [0.4, 0.5) is 4.39 Å². The van der Waals surface area contributed by atoms with E-state index in [1.165, 1.54) is 18.5 Å². The van der Waals surface area contributed by atoms with Gasteiger partial charge in [0, 0.05) is 25.2 Å². The van der Waals surface area contributed by atoms with Crippen LogP contribution in [0, 0.1) is 5.82 Å². The molecule has 0 aliphatic rings. The fourth-order valence-corrected chi connectivity index (χ4v) is 4.04. The van der Waals surface area contributed by atoms with E-state index in [4.69, 9.17) is 15.2 Å². The molecule has 0 unspecified atom stereocenters. The van der Waals surface area contributed by atoms with E-state index in [2.05, 4.69) is 0 Å². The number of methoxy groups -OCH3 is 2. The molecule has 2 N–H and O–H groups in total. The molecule has 0 amide bonds. The van der Waals surface area contributed by atoms with Gasteiger partial charge in [0.05, 0.1) is 14.2 Å². The third kappa shape index (κ3) is 4.51. The van der Waals surface area contributed by atoms with Gasteiger partial charge in [-0.1, -0.05) is 30.3 Å². The highest BCUT2D eigenvalue weighted by Gasteiger charge is 2.29. The first-order valence-corrected chi connectivity index (χ1v) is 9.53. The predicted molar refractivity (Wildman–Crippen MR) is 97.2 cm³/mol. The molecule has 8 heteroatoms. The van der Waals surface area contributed by atoms with Crippen molar-refractivity contribution >= 4 is 10.0 Å². The first kappa shape index (κ1) is 20.2. The Hall–Kier alpha value is -2.16. The highest BCUT2D eigenvalue weighted by molar-refractivity contribution is 7.89. The van der Waals surface area contributed by atoms with Crippen LogP contribution in [0.5, 0.6) is 11.5 Å². The molecular weight excluding hydrogens is 359 g/mol. The number of halogens is 1. The topological polar surface area (TPSA) is 81.9 Å². The molecule has 0 bridgehead atoms. The second-order valence-electron chi connectivity index (χ2n) is 5.60. The SMILES string of the molecule is COc1cc(F)c(S(=O)(=O)N(CCCN)Cc2ccccc2)cc1OC. The predicted octanol–water partition coefficient (Wildman–Crippen LogP) is 2.38. The zero-order valence-corrected chi connectivity index (χ0v) is 15.6. The number of sulfonamides is 1. The van der Waals surface area contributed by atoms with E-state index in [1.807, 2.05) is 30.3 Å². The first-order valence-electron chi connectivity index (χ1n) is 8.09. The summed E-state index contributed by atoms with van der Waals surface area (Å²) in [5.74, 6) is -0.625. The van der Waals surface area contributed by atoms with Crippen molar-refractivity contribution in [2.45, 2.75) is 17.9 Å². The molecule has 142 valence electrons. The van der Waals surface area contributed by atoms with Gasteiger partial charge in [0.2, 0.25) is 10.0 Å². The van der Waals surface area contributed by atoms with Crippen LogP contribution in [-0.2, 0) is 16.6 Å². The highest BCUT2D eigenvalue weighted by atomic mass is 32.2. The summed E-state index contributed by atoms with van der Waals surface area (Å²) < 4.78 is 52.0. The van der Waals surface area contributed by atoms with E-state index in [-0.39, 0.29) is 24.6 Å². The molecule has 0 spiro atoms. The fraction of sp³-hybridized carbons (Fsp3) is 0.333. The molecule has 2 aromatic rings. The molecule has 2 rings (SSSR count). The maximum absolute atomic E-state index is 14.5. The molecule has 0 radical (unpaired) electrons. The van der Waals surface area contributed by atoms with Crippen LogP contribution in [0.2, 0.25) is 0 Å². The smallest absolute Gasteiger partial charge is 0.246 e. The lowest BCUT2D eigenvalue weighted by Crippen LogP contribution is -2.33. The fourth-order valence-electron chi connectivity index (χ4n) is 2.51. The number of rotatable bonds is 9. The van der Waals surface area contributed by atoms with Crippen molar-refractivity contribution < 1.29 is 22.3 Å². The van der Waals surface area contributed by atoms with Gasteiger partial charge in [-0.05, 0) is 18.5 Å². The monoisotopic (exact) mass is 382 g/mol. The van der Waals surface area contributed by atoms with Gasteiger partial charge in [-0.25, -0.2) is 12.8 Å². The number of benzene rings is 2. The molecule has 0 aliphatic heterocycles. The zero-order valence-electron chi connectivity index (χ0n) is 14.8. The Balaban J connectivity index is 2.45. The minimum atomic E-state index is -4.09. The molecule has 6 nitrogen and oxygen atoms in total. The second kappa shape index (κ2) is 8.98. The second-order valence-corrected chi connectivity index (χ2v) is 7.51. The van der Waals surface area contributed by atoms with Gasteiger partial charge in [-0.15, -0.1) is 0 Å². The molecule has 0 saturated carbocycles. The third-order valence-electron chi connectivity index (χ3n) is 3.87. The first-order chi connectivity index (χ1) is 12.4. The lowest BCUT2D eigenvalue weighted by Gasteiger charge is -2.23. The Bertz CT molecular complexity index is 829. The van der Waals surface area contributed by atoms with Crippen LogP contribution in [0.25, 0.3) is 0 Å². The summed E-state index contributed by atoms with van der Waals surface area (Å²) in [6.07, 6.45) is 0.459. The van der Waals surface area contributed by atoms with Crippen molar-refractivity contribution in [2.75, 3.05) is 27.3 Å². The largest absolute Gasteiger partial charge is 0.493 e. The lowest BCUT2D eigenvalue weighted by atomic mass is 10.2. The van der Waals surface area contributed by atoms with Gasteiger partial charge in [0.15, 0.2) is 11.5 Å². The number of nitrogens with two attached hydrogens (primary N) is 1. The zero-order chi connectivity index (χ0) is 19.2. The number of hydrogen-bond donors (Lipinski definition) is 1. The van der Waals surface area contributed by atoms with Crippen molar-refractivity contribution in [3.05, 3.63) is 53.8 Å². The molecule has 0 aromatic heterocycles. The van der Waals surface area contributed by atoms with Crippen molar-refractivity contribution in [3.63, 3.8) is 0 Å². The molecule has 0 heterocycles. The molecule has 2 aromatic carbocycles. The van der Waals surface area contributed by atoms with Gasteiger partial charge in [-0.3, -0.25) is 0 Å². The molecule has 26 heavy (non-hydrogen) atoms. The van der Waals surface area contributed by atoms with E-state index < -0.39 is 20.7 Å². The minimum Gasteiger partial charge on any atom is -0.493 e. The molecule has 0 atom stereocenters. The lowest BCUT2D eigenvalue weighted by molar-refractivity contribution is 0.349. The molecule has 0 fully saturated rings. The van der Waals surface area contributed by atoms with Crippen LogP contribution in [0.1, 0.15) is 12.0 Å².